The van der Waals surface area contributed by atoms with E-state index in [-0.39, 0.29) is 23.3 Å². The maximum absolute atomic E-state index is 13.4. The molecule has 0 saturated carbocycles. The summed E-state index contributed by atoms with van der Waals surface area (Å²) in [5, 5.41) is 4.72. The summed E-state index contributed by atoms with van der Waals surface area (Å²) in [4.78, 5) is 13.0. The molecule has 3 aromatic rings. The van der Waals surface area contributed by atoms with Crippen molar-refractivity contribution in [3.05, 3.63) is 70.7 Å². The maximum Gasteiger partial charge on any atom is 0.243 e. The average molecular weight is 432 g/mol. The summed E-state index contributed by atoms with van der Waals surface area (Å²) in [5.41, 5.74) is 1.49. The summed E-state index contributed by atoms with van der Waals surface area (Å²) in [6, 6.07) is 14.0. The summed E-state index contributed by atoms with van der Waals surface area (Å²) in [6.07, 6.45) is 1.90. The normalized spacial score (nSPS) is 11.9. The monoisotopic (exact) mass is 431 g/mol. The number of aryl methyl sites for hydroxylation is 1. The molecule has 0 aliphatic rings. The molecule has 8 heteroatoms. The quantitative estimate of drug-likeness (QED) is 0.584. The first-order valence-corrected chi connectivity index (χ1v) is 11.6. The molecule has 1 N–H and O–H groups in total. The number of aromatic nitrogens is 1. The number of anilines is 1. The van der Waals surface area contributed by atoms with E-state index < -0.39 is 10.0 Å². The van der Waals surface area contributed by atoms with E-state index in [1.165, 1.54) is 27.8 Å². The molecule has 6 nitrogen and oxygen atoms in total. The summed E-state index contributed by atoms with van der Waals surface area (Å²) in [6.45, 7) is 4.19. The van der Waals surface area contributed by atoms with Crippen LogP contribution < -0.4 is 5.32 Å². The largest absolute Gasteiger partial charge is 0.353 e. The highest BCUT2D eigenvalue weighted by molar-refractivity contribution is 7.89. The molecule has 3 rings (SSSR count). The molecule has 1 aromatic carbocycles. The average Bonchev–Trinajstić information content (AvgIpc) is 3.33. The van der Waals surface area contributed by atoms with Crippen LogP contribution in [0.15, 0.2) is 65.0 Å². The Hall–Kier alpha value is -2.42. The molecule has 29 heavy (non-hydrogen) atoms. The van der Waals surface area contributed by atoms with Gasteiger partial charge in [0.15, 0.2) is 0 Å². The van der Waals surface area contributed by atoms with E-state index in [1.807, 2.05) is 47.5 Å². The Morgan fingerprint density at radius 3 is 2.38 bits per heavy atom. The van der Waals surface area contributed by atoms with Gasteiger partial charge in [-0.05, 0) is 47.8 Å². The van der Waals surface area contributed by atoms with E-state index in [0.717, 1.165) is 10.6 Å². The van der Waals surface area contributed by atoms with Crippen LogP contribution in [0.1, 0.15) is 24.4 Å². The first-order chi connectivity index (χ1) is 13.8. The molecule has 2 heterocycles. The number of carbonyl (C=O) groups excluding carboxylic acids is 1. The van der Waals surface area contributed by atoms with Crippen molar-refractivity contribution >= 4 is 33.0 Å². The van der Waals surface area contributed by atoms with Gasteiger partial charge in [-0.2, -0.15) is 4.31 Å². The van der Waals surface area contributed by atoms with E-state index in [4.69, 9.17) is 0 Å². The Bertz CT molecular complexity index is 1050. The van der Waals surface area contributed by atoms with Crippen molar-refractivity contribution in [1.82, 2.24) is 8.87 Å². The molecule has 0 radical (unpaired) electrons. The minimum absolute atomic E-state index is 0.108. The summed E-state index contributed by atoms with van der Waals surface area (Å²) in [7, 11) is -1.82. The lowest BCUT2D eigenvalue weighted by molar-refractivity contribution is -0.118. The number of hydrogen-bond donors (Lipinski definition) is 1. The Morgan fingerprint density at radius 2 is 1.83 bits per heavy atom. The zero-order valence-corrected chi connectivity index (χ0v) is 18.3. The molecular weight excluding hydrogens is 406 g/mol. The van der Waals surface area contributed by atoms with Crippen LogP contribution in [0.4, 0.5) is 5.69 Å². The second-order valence-corrected chi connectivity index (χ2v) is 10.1. The van der Waals surface area contributed by atoms with Gasteiger partial charge in [-0.1, -0.05) is 19.9 Å². The third-order valence-electron chi connectivity index (χ3n) is 4.59. The summed E-state index contributed by atoms with van der Waals surface area (Å²) >= 11 is 1.53. The minimum atomic E-state index is -3.72. The second kappa shape index (κ2) is 8.94. The number of amides is 1. The maximum atomic E-state index is 13.4. The molecule has 1 amide bonds. The third kappa shape index (κ3) is 5.14. The highest BCUT2D eigenvalue weighted by Gasteiger charge is 2.26. The molecule has 0 spiro atoms. The first-order valence-electron chi connectivity index (χ1n) is 9.31. The Balaban J connectivity index is 1.87. The van der Waals surface area contributed by atoms with Gasteiger partial charge in [0.05, 0.1) is 11.4 Å². The van der Waals surface area contributed by atoms with Gasteiger partial charge >= 0.3 is 0 Å². The fourth-order valence-electron chi connectivity index (χ4n) is 2.79. The zero-order valence-electron chi connectivity index (χ0n) is 16.7. The predicted octanol–water partition coefficient (Wildman–Crippen LogP) is 4.07. The molecule has 2 aromatic heterocycles. The Morgan fingerprint density at radius 1 is 1.10 bits per heavy atom. The van der Waals surface area contributed by atoms with Gasteiger partial charge in [0.1, 0.15) is 0 Å². The molecule has 0 saturated heterocycles. The van der Waals surface area contributed by atoms with E-state index in [9.17, 15) is 13.2 Å². The number of thiophene rings is 1. The number of nitrogens with one attached hydrogen (secondary N) is 1. The lowest BCUT2D eigenvalue weighted by atomic mass is 10.2. The highest BCUT2D eigenvalue weighted by atomic mass is 32.2. The molecule has 0 fully saturated rings. The lowest BCUT2D eigenvalue weighted by Gasteiger charge is -2.22. The SMILES string of the molecule is CC(C)C(=O)Nc1ccc(S(=O)(=O)N(Cc2cccs2)Cc2cccn2C)cc1. The smallest absolute Gasteiger partial charge is 0.243 e. The van der Waals surface area contributed by atoms with Crippen LogP contribution in [0.2, 0.25) is 0 Å². The third-order valence-corrected chi connectivity index (χ3v) is 7.25. The van der Waals surface area contributed by atoms with Crippen molar-refractivity contribution in [2.24, 2.45) is 13.0 Å². The van der Waals surface area contributed by atoms with Crippen LogP contribution in [0.3, 0.4) is 0 Å². The highest BCUT2D eigenvalue weighted by Crippen LogP contribution is 2.24. The molecule has 0 unspecified atom stereocenters. The summed E-state index contributed by atoms with van der Waals surface area (Å²) < 4.78 is 30.1. The van der Waals surface area contributed by atoms with Crippen LogP contribution in [0.25, 0.3) is 0 Å². The van der Waals surface area contributed by atoms with E-state index in [0.29, 0.717) is 12.2 Å². The van der Waals surface area contributed by atoms with Gasteiger partial charge in [0, 0.05) is 42.0 Å². The van der Waals surface area contributed by atoms with E-state index in [2.05, 4.69) is 5.32 Å². The first kappa shape index (κ1) is 21.3. The van der Waals surface area contributed by atoms with Crippen LogP contribution in [-0.4, -0.2) is 23.2 Å². The molecular formula is C21H25N3O3S2. The van der Waals surface area contributed by atoms with Crippen LogP contribution in [-0.2, 0) is 35.0 Å². The topological polar surface area (TPSA) is 71.4 Å². The van der Waals surface area contributed by atoms with Crippen LogP contribution >= 0.6 is 11.3 Å². The van der Waals surface area contributed by atoms with Crippen LogP contribution in [0.5, 0.6) is 0 Å². The fraction of sp³-hybridized carbons (Fsp3) is 0.286. The zero-order chi connectivity index (χ0) is 21.0. The number of benzene rings is 1. The number of carbonyl (C=O) groups is 1. The Kier molecular flexibility index (Phi) is 6.56. The fourth-order valence-corrected chi connectivity index (χ4v) is 4.98. The number of sulfonamides is 1. The van der Waals surface area contributed by atoms with Gasteiger partial charge in [-0.25, -0.2) is 8.42 Å². The van der Waals surface area contributed by atoms with E-state index >= 15 is 0 Å². The van der Waals surface area contributed by atoms with Gasteiger partial charge in [-0.15, -0.1) is 11.3 Å². The Labute approximate surface area is 175 Å². The van der Waals surface area contributed by atoms with Gasteiger partial charge < -0.3 is 9.88 Å². The van der Waals surface area contributed by atoms with Crippen molar-refractivity contribution in [2.75, 3.05) is 5.32 Å². The molecule has 0 atom stereocenters. The minimum Gasteiger partial charge on any atom is -0.353 e. The number of rotatable bonds is 8. The van der Waals surface area contributed by atoms with Crippen molar-refractivity contribution in [3.63, 3.8) is 0 Å². The second-order valence-electron chi connectivity index (χ2n) is 7.13. The predicted molar refractivity (Wildman–Crippen MR) is 116 cm³/mol. The van der Waals surface area contributed by atoms with Crippen molar-refractivity contribution in [1.29, 1.82) is 0 Å². The standard InChI is InChI=1S/C21H25N3O3S2/c1-16(2)21(25)22-17-8-10-20(11-9-17)29(26,27)24(15-19-7-5-13-28-19)14-18-6-4-12-23(18)3/h4-13,16H,14-15H2,1-3H3,(H,22,25). The van der Waals surface area contributed by atoms with E-state index in [1.54, 1.807) is 26.0 Å². The lowest BCUT2D eigenvalue weighted by Crippen LogP contribution is -2.30. The van der Waals surface area contributed by atoms with Gasteiger partial charge in [-0.3, -0.25) is 4.79 Å². The summed E-state index contributed by atoms with van der Waals surface area (Å²) in [5.74, 6) is -0.256. The number of hydrogen-bond acceptors (Lipinski definition) is 4. The van der Waals surface area contributed by atoms with Crippen molar-refractivity contribution < 1.29 is 13.2 Å². The van der Waals surface area contributed by atoms with Crippen LogP contribution in [0, 0.1) is 5.92 Å². The molecule has 154 valence electrons. The molecule has 0 aliphatic heterocycles. The van der Waals surface area contributed by atoms with Crippen molar-refractivity contribution in [2.45, 2.75) is 31.8 Å². The number of nitrogens with zero attached hydrogens (tertiary/aromatic N) is 2. The molecule has 0 bridgehead atoms. The van der Waals surface area contributed by atoms with Gasteiger partial charge in [0.25, 0.3) is 0 Å². The molecule has 0 aliphatic carbocycles. The van der Waals surface area contributed by atoms with Gasteiger partial charge in [0.2, 0.25) is 15.9 Å². The van der Waals surface area contributed by atoms with Crippen molar-refractivity contribution in [3.8, 4) is 0 Å².